The van der Waals surface area contributed by atoms with Gasteiger partial charge >= 0.3 is 0 Å². The van der Waals surface area contributed by atoms with Crippen molar-refractivity contribution in [2.75, 3.05) is 0 Å². The second-order valence-electron chi connectivity index (χ2n) is 5.76. The lowest BCUT2D eigenvalue weighted by atomic mass is 9.86. The molecule has 0 bridgehead atoms. The van der Waals surface area contributed by atoms with E-state index in [-0.39, 0.29) is 11.4 Å². The van der Waals surface area contributed by atoms with E-state index in [1.54, 1.807) is 34.6 Å². The number of hydrogen-bond donors (Lipinski definition) is 2. The minimum atomic E-state index is -1.13. The van der Waals surface area contributed by atoms with Gasteiger partial charge in [-0.05, 0) is 34.6 Å². The standard InChI is InChI=1S/C13H21N3O4/c1-6-15-8-9(16(19)20)7-10(15)11(17)14-12(2,3)13(4,5)18/h7-8,18H,6H2,1-5H3,(H,14,17). The maximum Gasteiger partial charge on any atom is 0.287 e. The molecule has 7 heteroatoms. The van der Waals surface area contributed by atoms with Crippen LogP contribution in [-0.4, -0.2) is 31.6 Å². The Morgan fingerprint density at radius 1 is 1.45 bits per heavy atom. The summed E-state index contributed by atoms with van der Waals surface area (Å²) in [6.07, 6.45) is 1.33. The molecule has 112 valence electrons. The summed E-state index contributed by atoms with van der Waals surface area (Å²) in [5.41, 5.74) is -1.92. The monoisotopic (exact) mass is 283 g/mol. The third-order valence-corrected chi connectivity index (χ3v) is 3.62. The first kappa shape index (κ1) is 16.2. The summed E-state index contributed by atoms with van der Waals surface area (Å²) in [6, 6.07) is 1.24. The highest BCUT2D eigenvalue weighted by atomic mass is 16.6. The highest BCUT2D eigenvalue weighted by molar-refractivity contribution is 5.94. The lowest BCUT2D eigenvalue weighted by Crippen LogP contribution is -2.57. The fourth-order valence-corrected chi connectivity index (χ4v) is 1.55. The molecule has 1 aromatic rings. The molecular weight excluding hydrogens is 262 g/mol. The van der Waals surface area contributed by atoms with E-state index in [4.69, 9.17) is 0 Å². The molecule has 7 nitrogen and oxygen atoms in total. The molecule has 0 fully saturated rings. The summed E-state index contributed by atoms with van der Waals surface area (Å²) >= 11 is 0. The summed E-state index contributed by atoms with van der Waals surface area (Å²) in [6.45, 7) is 8.81. The first-order chi connectivity index (χ1) is 8.99. The fraction of sp³-hybridized carbons (Fsp3) is 0.615. The van der Waals surface area contributed by atoms with Gasteiger partial charge in [-0.2, -0.15) is 0 Å². The van der Waals surface area contributed by atoms with Crippen molar-refractivity contribution in [1.82, 2.24) is 9.88 Å². The molecule has 0 saturated heterocycles. The van der Waals surface area contributed by atoms with Crippen LogP contribution in [0.15, 0.2) is 12.3 Å². The summed E-state index contributed by atoms with van der Waals surface area (Å²) < 4.78 is 1.51. The van der Waals surface area contributed by atoms with Crippen molar-refractivity contribution in [3.8, 4) is 0 Å². The van der Waals surface area contributed by atoms with Crippen LogP contribution in [0.5, 0.6) is 0 Å². The maximum atomic E-state index is 12.3. The lowest BCUT2D eigenvalue weighted by Gasteiger charge is -2.37. The van der Waals surface area contributed by atoms with E-state index < -0.39 is 22.0 Å². The van der Waals surface area contributed by atoms with E-state index in [0.29, 0.717) is 6.54 Å². The number of amides is 1. The van der Waals surface area contributed by atoms with Gasteiger partial charge in [-0.3, -0.25) is 14.9 Å². The Bertz CT molecular complexity index is 526. The predicted molar refractivity (Wildman–Crippen MR) is 74.6 cm³/mol. The van der Waals surface area contributed by atoms with Crippen LogP contribution in [0, 0.1) is 10.1 Å². The Balaban J connectivity index is 3.07. The highest BCUT2D eigenvalue weighted by Crippen LogP contribution is 2.22. The van der Waals surface area contributed by atoms with Crippen molar-refractivity contribution in [3.05, 3.63) is 28.1 Å². The van der Waals surface area contributed by atoms with Crippen molar-refractivity contribution in [3.63, 3.8) is 0 Å². The molecule has 1 aromatic heterocycles. The third kappa shape index (κ3) is 3.16. The van der Waals surface area contributed by atoms with Gasteiger partial charge in [0, 0.05) is 12.6 Å². The Hall–Kier alpha value is -1.89. The Morgan fingerprint density at radius 3 is 2.40 bits per heavy atom. The minimum Gasteiger partial charge on any atom is -0.388 e. The van der Waals surface area contributed by atoms with E-state index in [0.717, 1.165) is 0 Å². The number of nitro groups is 1. The van der Waals surface area contributed by atoms with E-state index in [1.807, 2.05) is 0 Å². The van der Waals surface area contributed by atoms with Crippen LogP contribution in [0.2, 0.25) is 0 Å². The second kappa shape index (κ2) is 5.24. The van der Waals surface area contributed by atoms with Gasteiger partial charge < -0.3 is 15.0 Å². The van der Waals surface area contributed by atoms with Crippen molar-refractivity contribution in [2.24, 2.45) is 0 Å². The van der Waals surface area contributed by atoms with Crippen LogP contribution in [-0.2, 0) is 6.54 Å². The fourth-order valence-electron chi connectivity index (χ4n) is 1.55. The molecule has 0 aromatic carbocycles. The smallest absolute Gasteiger partial charge is 0.287 e. The summed E-state index contributed by atoms with van der Waals surface area (Å²) in [7, 11) is 0. The molecule has 1 heterocycles. The van der Waals surface area contributed by atoms with Crippen LogP contribution < -0.4 is 5.32 Å². The van der Waals surface area contributed by atoms with Gasteiger partial charge in [-0.1, -0.05) is 0 Å². The van der Waals surface area contributed by atoms with E-state index in [2.05, 4.69) is 5.32 Å². The largest absolute Gasteiger partial charge is 0.388 e. The van der Waals surface area contributed by atoms with E-state index >= 15 is 0 Å². The van der Waals surface area contributed by atoms with Crippen LogP contribution in [0.3, 0.4) is 0 Å². The van der Waals surface area contributed by atoms with Gasteiger partial charge in [0.25, 0.3) is 11.6 Å². The molecule has 0 aliphatic heterocycles. The molecule has 1 rings (SSSR count). The van der Waals surface area contributed by atoms with Crippen LogP contribution in [0.4, 0.5) is 5.69 Å². The van der Waals surface area contributed by atoms with Crippen molar-refractivity contribution in [2.45, 2.75) is 52.3 Å². The molecule has 0 aliphatic carbocycles. The molecule has 2 N–H and O–H groups in total. The SMILES string of the molecule is CCn1cc([N+](=O)[O-])cc1C(=O)NC(C)(C)C(C)(C)O. The molecule has 0 saturated carbocycles. The zero-order valence-electron chi connectivity index (χ0n) is 12.4. The van der Waals surface area contributed by atoms with Crippen molar-refractivity contribution >= 4 is 11.6 Å². The van der Waals surface area contributed by atoms with Gasteiger partial charge in [-0.15, -0.1) is 0 Å². The number of nitrogens with zero attached hydrogens (tertiary/aromatic N) is 2. The van der Waals surface area contributed by atoms with Gasteiger partial charge in [0.15, 0.2) is 0 Å². The summed E-state index contributed by atoms with van der Waals surface area (Å²) in [5.74, 6) is -0.452. The van der Waals surface area contributed by atoms with Crippen LogP contribution >= 0.6 is 0 Å². The number of aromatic nitrogens is 1. The highest BCUT2D eigenvalue weighted by Gasteiger charge is 2.37. The van der Waals surface area contributed by atoms with Gasteiger partial charge in [0.2, 0.25) is 0 Å². The first-order valence-corrected chi connectivity index (χ1v) is 6.39. The number of hydrogen-bond acceptors (Lipinski definition) is 4. The number of rotatable bonds is 5. The number of carbonyl (C=O) groups excluding carboxylic acids is 1. The molecule has 0 spiro atoms. The molecular formula is C13H21N3O4. The van der Waals surface area contributed by atoms with Gasteiger partial charge in [0.05, 0.1) is 22.3 Å². The zero-order valence-corrected chi connectivity index (χ0v) is 12.4. The number of carbonyl (C=O) groups is 1. The van der Waals surface area contributed by atoms with Crippen LogP contribution in [0.1, 0.15) is 45.1 Å². The first-order valence-electron chi connectivity index (χ1n) is 6.39. The molecule has 20 heavy (non-hydrogen) atoms. The topological polar surface area (TPSA) is 97.4 Å². The normalized spacial score (nSPS) is 12.3. The molecule has 0 radical (unpaired) electrons. The molecule has 0 unspecified atom stereocenters. The number of aliphatic hydroxyl groups is 1. The lowest BCUT2D eigenvalue weighted by molar-refractivity contribution is -0.384. The Morgan fingerprint density at radius 2 is 2.00 bits per heavy atom. The Labute approximate surface area is 117 Å². The number of aryl methyl sites for hydroxylation is 1. The molecule has 0 atom stereocenters. The van der Waals surface area contributed by atoms with E-state index in [1.165, 1.54) is 16.8 Å². The van der Waals surface area contributed by atoms with Crippen molar-refractivity contribution < 1.29 is 14.8 Å². The molecule has 1 amide bonds. The Kier molecular flexibility index (Phi) is 4.24. The van der Waals surface area contributed by atoms with Crippen LogP contribution in [0.25, 0.3) is 0 Å². The minimum absolute atomic E-state index is 0.127. The zero-order chi connectivity index (χ0) is 15.7. The average molecular weight is 283 g/mol. The summed E-state index contributed by atoms with van der Waals surface area (Å²) in [5, 5.41) is 23.5. The predicted octanol–water partition coefficient (Wildman–Crippen LogP) is 1.70. The maximum absolute atomic E-state index is 12.3. The van der Waals surface area contributed by atoms with Gasteiger partial charge in [-0.25, -0.2) is 0 Å². The third-order valence-electron chi connectivity index (χ3n) is 3.62. The van der Waals surface area contributed by atoms with Crippen molar-refractivity contribution in [1.29, 1.82) is 0 Å². The van der Waals surface area contributed by atoms with Gasteiger partial charge in [0.1, 0.15) is 5.69 Å². The summed E-state index contributed by atoms with van der Waals surface area (Å²) in [4.78, 5) is 22.5. The second-order valence-corrected chi connectivity index (χ2v) is 5.76. The number of nitrogens with one attached hydrogen (secondary N) is 1. The average Bonchev–Trinajstić information content (AvgIpc) is 2.70. The molecule has 0 aliphatic rings. The quantitative estimate of drug-likeness (QED) is 0.634. The van der Waals surface area contributed by atoms with E-state index in [9.17, 15) is 20.0 Å².